The van der Waals surface area contributed by atoms with Gasteiger partial charge in [0.05, 0.1) is 11.1 Å². The molecule has 0 saturated carbocycles. The zero-order valence-corrected chi connectivity index (χ0v) is 7.15. The molecular formula is C9H6F4O. The van der Waals surface area contributed by atoms with Crippen molar-refractivity contribution in [2.45, 2.75) is 13.1 Å². The smallest absolute Gasteiger partial charge is 0.294 e. The maximum atomic E-state index is 13.1. The molecule has 0 bridgehead atoms. The molecule has 5 heteroatoms. The number of carbonyl (C=O) groups is 1. The highest BCUT2D eigenvalue weighted by atomic mass is 19.4. The number of benzene rings is 1. The van der Waals surface area contributed by atoms with Crippen LogP contribution in [0.25, 0.3) is 0 Å². The van der Waals surface area contributed by atoms with E-state index >= 15 is 0 Å². The van der Waals surface area contributed by atoms with Gasteiger partial charge < -0.3 is 0 Å². The van der Waals surface area contributed by atoms with Gasteiger partial charge >= 0.3 is 6.18 Å². The summed E-state index contributed by atoms with van der Waals surface area (Å²) in [5.41, 5.74) is -1.95. The first-order valence-corrected chi connectivity index (χ1v) is 3.70. The average molecular weight is 206 g/mol. The third-order valence-electron chi connectivity index (χ3n) is 1.68. The van der Waals surface area contributed by atoms with Gasteiger partial charge in [0.15, 0.2) is 5.78 Å². The monoisotopic (exact) mass is 206 g/mol. The molecule has 0 aliphatic heterocycles. The maximum absolute atomic E-state index is 13.1. The van der Waals surface area contributed by atoms with Crippen LogP contribution >= 0.6 is 0 Å². The van der Waals surface area contributed by atoms with Crippen LogP contribution in [0.2, 0.25) is 0 Å². The quantitative estimate of drug-likeness (QED) is 0.509. The summed E-state index contributed by atoms with van der Waals surface area (Å²) in [5.74, 6) is -2.24. The highest BCUT2D eigenvalue weighted by Gasteiger charge is 2.35. The van der Waals surface area contributed by atoms with Crippen LogP contribution in [-0.4, -0.2) is 5.78 Å². The van der Waals surface area contributed by atoms with E-state index in [1.54, 1.807) is 0 Å². The van der Waals surface area contributed by atoms with Crippen LogP contribution in [0, 0.1) is 5.82 Å². The largest absolute Gasteiger partial charge is 0.419 e. The minimum absolute atomic E-state index is 0.542. The Kier molecular flexibility index (Phi) is 2.59. The number of Topliss-reactive ketones (excluding diaryl/α,β-unsaturated/α-hetero) is 1. The van der Waals surface area contributed by atoms with Gasteiger partial charge in [-0.25, -0.2) is 4.39 Å². The van der Waals surface area contributed by atoms with Gasteiger partial charge in [-0.2, -0.15) is 13.2 Å². The van der Waals surface area contributed by atoms with E-state index in [0.29, 0.717) is 6.07 Å². The van der Waals surface area contributed by atoms with E-state index in [2.05, 4.69) is 0 Å². The molecule has 1 aromatic carbocycles. The van der Waals surface area contributed by atoms with E-state index in [1.165, 1.54) is 0 Å². The third-order valence-corrected chi connectivity index (χ3v) is 1.68. The van der Waals surface area contributed by atoms with Crippen molar-refractivity contribution in [3.8, 4) is 0 Å². The molecule has 76 valence electrons. The fourth-order valence-corrected chi connectivity index (χ4v) is 1.02. The first-order chi connectivity index (χ1) is 6.34. The molecule has 0 saturated heterocycles. The number of rotatable bonds is 1. The molecule has 0 N–H and O–H groups in total. The van der Waals surface area contributed by atoms with Gasteiger partial charge in [-0.05, 0) is 19.1 Å². The first kappa shape index (κ1) is 10.7. The molecule has 0 heterocycles. The molecule has 0 amide bonds. The Balaban J connectivity index is 3.35. The van der Waals surface area contributed by atoms with E-state index < -0.39 is 28.9 Å². The number of ketones is 1. The minimum atomic E-state index is -4.77. The summed E-state index contributed by atoms with van der Waals surface area (Å²) in [7, 11) is 0. The fourth-order valence-electron chi connectivity index (χ4n) is 1.02. The highest BCUT2D eigenvalue weighted by molar-refractivity contribution is 5.94. The van der Waals surface area contributed by atoms with Gasteiger partial charge in [0.1, 0.15) is 5.82 Å². The molecule has 1 aromatic rings. The number of halogens is 4. The summed E-state index contributed by atoms with van der Waals surface area (Å²) in [4.78, 5) is 10.7. The first-order valence-electron chi connectivity index (χ1n) is 3.70. The van der Waals surface area contributed by atoms with E-state index in [4.69, 9.17) is 0 Å². The molecule has 0 unspecified atom stereocenters. The van der Waals surface area contributed by atoms with Crippen molar-refractivity contribution < 1.29 is 22.4 Å². The standard InChI is InChI=1S/C9H6F4O/c1-5(14)6-3-2-4-7(8(6)10)9(11,12)13/h2-4H,1H3. The van der Waals surface area contributed by atoms with Crippen molar-refractivity contribution in [3.63, 3.8) is 0 Å². The molecule has 0 aliphatic carbocycles. The van der Waals surface area contributed by atoms with Crippen molar-refractivity contribution in [2.75, 3.05) is 0 Å². The van der Waals surface area contributed by atoms with Gasteiger partial charge in [-0.1, -0.05) is 6.07 Å². The second-order valence-corrected chi connectivity index (χ2v) is 2.72. The summed E-state index contributed by atoms with van der Waals surface area (Å²) in [6.45, 7) is 1.01. The lowest BCUT2D eigenvalue weighted by atomic mass is 10.1. The van der Waals surface area contributed by atoms with E-state index in [1.807, 2.05) is 0 Å². The molecule has 0 spiro atoms. The summed E-state index contributed by atoms with van der Waals surface area (Å²) in [6, 6.07) is 2.62. The predicted octanol–water partition coefficient (Wildman–Crippen LogP) is 3.05. The van der Waals surface area contributed by atoms with E-state index in [9.17, 15) is 22.4 Å². The van der Waals surface area contributed by atoms with Crippen LogP contribution < -0.4 is 0 Å². The molecule has 14 heavy (non-hydrogen) atoms. The normalized spacial score (nSPS) is 11.5. The molecule has 0 fully saturated rings. The SMILES string of the molecule is CC(=O)c1cccc(C(F)(F)F)c1F. The van der Waals surface area contributed by atoms with Crippen LogP contribution in [0.5, 0.6) is 0 Å². The van der Waals surface area contributed by atoms with Crippen LogP contribution in [0.3, 0.4) is 0 Å². The Hall–Kier alpha value is -1.39. The molecule has 1 rings (SSSR count). The lowest BCUT2D eigenvalue weighted by Gasteiger charge is -2.09. The van der Waals surface area contributed by atoms with Gasteiger partial charge in [-0.3, -0.25) is 4.79 Å². The summed E-state index contributed by atoms with van der Waals surface area (Å²) >= 11 is 0. The second-order valence-electron chi connectivity index (χ2n) is 2.72. The number of carbonyl (C=O) groups excluding carboxylic acids is 1. The highest BCUT2D eigenvalue weighted by Crippen LogP contribution is 2.32. The van der Waals surface area contributed by atoms with E-state index in [-0.39, 0.29) is 0 Å². The van der Waals surface area contributed by atoms with Crippen molar-refractivity contribution in [1.82, 2.24) is 0 Å². The van der Waals surface area contributed by atoms with Gasteiger partial charge in [0.2, 0.25) is 0 Å². The fraction of sp³-hybridized carbons (Fsp3) is 0.222. The molecule has 0 radical (unpaired) electrons. The van der Waals surface area contributed by atoms with E-state index in [0.717, 1.165) is 19.1 Å². The van der Waals surface area contributed by atoms with Crippen molar-refractivity contribution in [2.24, 2.45) is 0 Å². The van der Waals surface area contributed by atoms with Gasteiger partial charge in [-0.15, -0.1) is 0 Å². The zero-order chi connectivity index (χ0) is 10.9. The van der Waals surface area contributed by atoms with Crippen LogP contribution in [0.15, 0.2) is 18.2 Å². The predicted molar refractivity (Wildman–Crippen MR) is 41.4 cm³/mol. The Bertz CT molecular complexity index is 368. The average Bonchev–Trinajstić information content (AvgIpc) is 2.01. The molecule has 0 atom stereocenters. The minimum Gasteiger partial charge on any atom is -0.294 e. The Morgan fingerprint density at radius 2 is 1.86 bits per heavy atom. The van der Waals surface area contributed by atoms with Gasteiger partial charge in [0.25, 0.3) is 0 Å². The lowest BCUT2D eigenvalue weighted by Crippen LogP contribution is -2.11. The number of hydrogen-bond acceptors (Lipinski definition) is 1. The Morgan fingerprint density at radius 1 is 1.29 bits per heavy atom. The second kappa shape index (κ2) is 3.40. The summed E-state index contributed by atoms with van der Waals surface area (Å²) in [5, 5.41) is 0. The number of hydrogen-bond donors (Lipinski definition) is 0. The Morgan fingerprint density at radius 3 is 2.29 bits per heavy atom. The van der Waals surface area contributed by atoms with Crippen LogP contribution in [-0.2, 0) is 6.18 Å². The topological polar surface area (TPSA) is 17.1 Å². The molecular weight excluding hydrogens is 200 g/mol. The van der Waals surface area contributed by atoms with Gasteiger partial charge in [0, 0.05) is 0 Å². The van der Waals surface area contributed by atoms with Crippen LogP contribution in [0.1, 0.15) is 22.8 Å². The summed E-state index contributed by atoms with van der Waals surface area (Å²) in [6.07, 6.45) is -4.77. The number of alkyl halides is 3. The van der Waals surface area contributed by atoms with Crippen molar-refractivity contribution >= 4 is 5.78 Å². The van der Waals surface area contributed by atoms with Crippen molar-refractivity contribution in [1.29, 1.82) is 0 Å². The maximum Gasteiger partial charge on any atom is 0.419 e. The molecule has 1 nitrogen and oxygen atoms in total. The Labute approximate surface area is 77.3 Å². The molecule has 0 aromatic heterocycles. The van der Waals surface area contributed by atoms with Crippen molar-refractivity contribution in [3.05, 3.63) is 35.1 Å². The lowest BCUT2D eigenvalue weighted by molar-refractivity contribution is -0.140. The molecule has 0 aliphatic rings. The van der Waals surface area contributed by atoms with Crippen LogP contribution in [0.4, 0.5) is 17.6 Å². The zero-order valence-electron chi connectivity index (χ0n) is 7.15. The summed E-state index contributed by atoms with van der Waals surface area (Å²) < 4.78 is 49.5. The third kappa shape index (κ3) is 1.92.